The fraction of sp³-hybridized carbons (Fsp3) is 0.462. The number of benzene rings is 1. The van der Waals surface area contributed by atoms with Gasteiger partial charge in [-0.3, -0.25) is 4.79 Å². The maximum absolute atomic E-state index is 11.4. The Balaban J connectivity index is 2.55. The van der Waals surface area contributed by atoms with E-state index in [1.807, 2.05) is 31.2 Å². The third-order valence-corrected chi connectivity index (χ3v) is 2.50. The fourth-order valence-electron chi connectivity index (χ4n) is 1.73. The van der Waals surface area contributed by atoms with Crippen molar-refractivity contribution < 1.29 is 9.53 Å². The second kappa shape index (κ2) is 6.91. The van der Waals surface area contributed by atoms with Crippen molar-refractivity contribution in [2.45, 2.75) is 25.8 Å². The molecule has 1 atom stereocenters. The second-order valence-electron chi connectivity index (χ2n) is 4.02. The van der Waals surface area contributed by atoms with Crippen molar-refractivity contribution in [2.24, 2.45) is 5.73 Å². The smallest absolute Gasteiger partial charge is 0.221 e. The molecule has 1 unspecified atom stereocenters. The predicted octanol–water partition coefficient (Wildman–Crippen LogP) is 1.09. The maximum Gasteiger partial charge on any atom is 0.221 e. The molecule has 4 heteroatoms. The molecular weight excluding hydrogens is 216 g/mol. The van der Waals surface area contributed by atoms with Crippen molar-refractivity contribution in [3.05, 3.63) is 29.8 Å². The number of rotatable bonds is 6. The van der Waals surface area contributed by atoms with Gasteiger partial charge in [0.05, 0.1) is 7.11 Å². The van der Waals surface area contributed by atoms with Gasteiger partial charge in [-0.25, -0.2) is 0 Å². The Morgan fingerprint density at radius 3 is 2.82 bits per heavy atom. The molecule has 0 radical (unpaired) electrons. The zero-order valence-electron chi connectivity index (χ0n) is 10.4. The summed E-state index contributed by atoms with van der Waals surface area (Å²) in [6.07, 6.45) is 1.12. The first kappa shape index (κ1) is 13.5. The lowest BCUT2D eigenvalue weighted by molar-refractivity contribution is -0.121. The number of hydrogen-bond acceptors (Lipinski definition) is 3. The van der Waals surface area contributed by atoms with Crippen LogP contribution in [0, 0.1) is 0 Å². The summed E-state index contributed by atoms with van der Waals surface area (Å²) in [5.41, 5.74) is 6.42. The summed E-state index contributed by atoms with van der Waals surface area (Å²) in [6, 6.07) is 7.89. The average Bonchev–Trinajstić information content (AvgIpc) is 2.29. The van der Waals surface area contributed by atoms with E-state index < -0.39 is 0 Å². The van der Waals surface area contributed by atoms with Crippen LogP contribution in [0.4, 0.5) is 0 Å². The van der Waals surface area contributed by atoms with E-state index in [1.165, 1.54) is 0 Å². The number of carbonyl (C=O) groups excluding carboxylic acids is 1. The van der Waals surface area contributed by atoms with Crippen molar-refractivity contribution in [1.82, 2.24) is 5.32 Å². The van der Waals surface area contributed by atoms with Crippen molar-refractivity contribution in [3.8, 4) is 5.75 Å². The van der Waals surface area contributed by atoms with E-state index >= 15 is 0 Å². The van der Waals surface area contributed by atoms with Crippen LogP contribution in [0.25, 0.3) is 0 Å². The molecule has 0 heterocycles. The van der Waals surface area contributed by atoms with Gasteiger partial charge in [-0.15, -0.1) is 0 Å². The predicted molar refractivity (Wildman–Crippen MR) is 68.0 cm³/mol. The molecule has 0 spiro atoms. The van der Waals surface area contributed by atoms with E-state index in [1.54, 1.807) is 7.11 Å². The van der Waals surface area contributed by atoms with Gasteiger partial charge in [-0.05, 0) is 25.0 Å². The van der Waals surface area contributed by atoms with Crippen LogP contribution >= 0.6 is 0 Å². The molecule has 0 saturated heterocycles. The lowest BCUT2D eigenvalue weighted by Crippen LogP contribution is -2.35. The number of para-hydroxylation sites is 1. The molecule has 1 aromatic carbocycles. The zero-order chi connectivity index (χ0) is 12.7. The summed E-state index contributed by atoms with van der Waals surface area (Å²) in [5, 5.41) is 2.91. The van der Waals surface area contributed by atoms with E-state index in [4.69, 9.17) is 10.5 Å². The molecule has 1 amide bonds. The molecule has 0 aliphatic heterocycles. The summed E-state index contributed by atoms with van der Waals surface area (Å²) in [7, 11) is 1.65. The van der Waals surface area contributed by atoms with Crippen molar-refractivity contribution in [2.75, 3.05) is 13.7 Å². The average molecular weight is 236 g/mol. The van der Waals surface area contributed by atoms with Crippen LogP contribution in [0.3, 0.4) is 0 Å². The molecule has 4 nitrogen and oxygen atoms in total. The van der Waals surface area contributed by atoms with Gasteiger partial charge in [0.2, 0.25) is 5.91 Å². The lowest BCUT2D eigenvalue weighted by atomic mass is 10.1. The maximum atomic E-state index is 11.4. The van der Waals surface area contributed by atoms with Crippen LogP contribution in [0.2, 0.25) is 0 Å². The summed E-state index contributed by atoms with van der Waals surface area (Å²) in [5.74, 6) is 0.849. The van der Waals surface area contributed by atoms with Gasteiger partial charge in [0.15, 0.2) is 0 Å². The number of nitrogens with two attached hydrogens (primary N) is 1. The van der Waals surface area contributed by atoms with Crippen LogP contribution in [0.15, 0.2) is 24.3 Å². The van der Waals surface area contributed by atoms with E-state index in [-0.39, 0.29) is 11.9 Å². The van der Waals surface area contributed by atoms with Gasteiger partial charge < -0.3 is 15.8 Å². The normalized spacial score (nSPS) is 11.9. The van der Waals surface area contributed by atoms with Crippen molar-refractivity contribution in [1.29, 1.82) is 0 Å². The molecule has 1 aromatic rings. The molecule has 0 bridgehead atoms. The number of ether oxygens (including phenoxy) is 1. The summed E-state index contributed by atoms with van der Waals surface area (Å²) in [6.45, 7) is 2.36. The van der Waals surface area contributed by atoms with Gasteiger partial charge in [0.25, 0.3) is 0 Å². The highest BCUT2D eigenvalue weighted by molar-refractivity contribution is 5.76. The minimum Gasteiger partial charge on any atom is -0.496 e. The molecular formula is C13H20N2O2. The molecule has 3 N–H and O–H groups in total. The molecule has 94 valence electrons. The minimum absolute atomic E-state index is 0.00472. The van der Waals surface area contributed by atoms with E-state index in [2.05, 4.69) is 5.32 Å². The molecule has 0 fully saturated rings. The fourth-order valence-corrected chi connectivity index (χ4v) is 1.73. The van der Waals surface area contributed by atoms with Gasteiger partial charge >= 0.3 is 0 Å². The SMILES string of the molecule is COc1ccccc1CC(C)NC(=O)CCN. The third-order valence-electron chi connectivity index (χ3n) is 2.50. The second-order valence-corrected chi connectivity index (χ2v) is 4.02. The van der Waals surface area contributed by atoms with Crippen molar-refractivity contribution >= 4 is 5.91 Å². The highest BCUT2D eigenvalue weighted by Gasteiger charge is 2.10. The van der Waals surface area contributed by atoms with Gasteiger partial charge in [-0.1, -0.05) is 18.2 Å². The van der Waals surface area contributed by atoms with Crippen LogP contribution in [0.5, 0.6) is 5.75 Å². The topological polar surface area (TPSA) is 64.3 Å². The van der Waals surface area contributed by atoms with Gasteiger partial charge in [0.1, 0.15) is 5.75 Å². The quantitative estimate of drug-likeness (QED) is 0.777. The number of carbonyl (C=O) groups is 1. The Labute approximate surface area is 102 Å². The molecule has 1 rings (SSSR count). The van der Waals surface area contributed by atoms with E-state index in [0.717, 1.165) is 17.7 Å². The Kier molecular flexibility index (Phi) is 5.49. The Bertz CT molecular complexity index is 366. The Morgan fingerprint density at radius 1 is 1.47 bits per heavy atom. The van der Waals surface area contributed by atoms with Crippen molar-refractivity contribution in [3.63, 3.8) is 0 Å². The first-order valence-corrected chi connectivity index (χ1v) is 5.78. The number of amides is 1. The highest BCUT2D eigenvalue weighted by Crippen LogP contribution is 2.18. The first-order valence-electron chi connectivity index (χ1n) is 5.78. The van der Waals surface area contributed by atoms with Crippen LogP contribution in [0.1, 0.15) is 18.9 Å². The van der Waals surface area contributed by atoms with Crippen LogP contribution < -0.4 is 15.8 Å². The molecule has 0 aromatic heterocycles. The summed E-state index contributed by atoms with van der Waals surface area (Å²) >= 11 is 0. The first-order chi connectivity index (χ1) is 8.17. The highest BCUT2D eigenvalue weighted by atomic mass is 16.5. The number of nitrogens with one attached hydrogen (secondary N) is 1. The Morgan fingerprint density at radius 2 is 2.18 bits per heavy atom. The molecule has 17 heavy (non-hydrogen) atoms. The number of methoxy groups -OCH3 is 1. The van der Waals surface area contributed by atoms with Crippen LogP contribution in [-0.4, -0.2) is 25.6 Å². The van der Waals surface area contributed by atoms with E-state index in [0.29, 0.717) is 13.0 Å². The minimum atomic E-state index is -0.00472. The van der Waals surface area contributed by atoms with Gasteiger partial charge in [-0.2, -0.15) is 0 Å². The van der Waals surface area contributed by atoms with Gasteiger partial charge in [0, 0.05) is 19.0 Å². The lowest BCUT2D eigenvalue weighted by Gasteiger charge is -2.15. The third kappa shape index (κ3) is 4.44. The van der Waals surface area contributed by atoms with Crippen LogP contribution in [-0.2, 0) is 11.2 Å². The summed E-state index contributed by atoms with van der Waals surface area (Å²) in [4.78, 5) is 11.4. The Hall–Kier alpha value is -1.55. The monoisotopic (exact) mass is 236 g/mol. The molecule has 0 saturated carbocycles. The number of hydrogen-bond donors (Lipinski definition) is 2. The molecule has 0 aliphatic carbocycles. The largest absolute Gasteiger partial charge is 0.496 e. The molecule has 0 aliphatic rings. The standard InChI is InChI=1S/C13H20N2O2/c1-10(15-13(16)7-8-14)9-11-5-3-4-6-12(11)17-2/h3-6,10H,7-9,14H2,1-2H3,(H,15,16). The zero-order valence-corrected chi connectivity index (χ0v) is 10.4. The van der Waals surface area contributed by atoms with E-state index in [9.17, 15) is 4.79 Å². The summed E-state index contributed by atoms with van der Waals surface area (Å²) < 4.78 is 5.27.